The van der Waals surface area contributed by atoms with Crippen LogP contribution in [-0.4, -0.2) is 36.2 Å². The first kappa shape index (κ1) is 18.4. The summed E-state index contributed by atoms with van der Waals surface area (Å²) >= 11 is 0. The average Bonchev–Trinajstić information content (AvgIpc) is 2.19. The molecule has 0 aromatic rings. The lowest BCUT2D eigenvalue weighted by Gasteiger charge is -2.33. The van der Waals surface area contributed by atoms with Gasteiger partial charge in [0.25, 0.3) is 0 Å². The molecule has 0 radical (unpaired) electrons. The van der Waals surface area contributed by atoms with E-state index in [1.54, 1.807) is 0 Å². The highest BCUT2D eigenvalue weighted by Gasteiger charge is 2.26. The van der Waals surface area contributed by atoms with Crippen LogP contribution in [0.5, 0.6) is 0 Å². The summed E-state index contributed by atoms with van der Waals surface area (Å²) in [6.45, 7) is 16.9. The predicted octanol–water partition coefficient (Wildman–Crippen LogP) is 2.98. The summed E-state index contributed by atoms with van der Waals surface area (Å²) in [5, 5.41) is 4.94. The van der Waals surface area contributed by atoms with Crippen LogP contribution in [0.3, 0.4) is 0 Å². The van der Waals surface area contributed by atoms with Gasteiger partial charge in [0.15, 0.2) is 0 Å². The van der Waals surface area contributed by atoms with Gasteiger partial charge < -0.3 is 5.32 Å². The Hall–Kier alpha value is -0.610. The first-order chi connectivity index (χ1) is 8.59. The number of nitrogens with zero attached hydrogens (tertiary/aromatic N) is 1. The molecule has 1 N–H and O–H groups in total. The minimum absolute atomic E-state index is 0.0569. The first-order valence-electron chi connectivity index (χ1n) is 7.28. The molecular weight excluding hydrogens is 240 g/mol. The van der Waals surface area contributed by atoms with Gasteiger partial charge in [0.1, 0.15) is 0 Å². The molecule has 0 saturated carbocycles. The molecule has 0 heterocycles. The molecule has 19 heavy (non-hydrogen) atoms. The number of amides is 1. The lowest BCUT2D eigenvalue weighted by molar-refractivity contribution is -0.158. The molecule has 0 spiro atoms. The largest absolute Gasteiger partial charge is 0.351 e. The van der Waals surface area contributed by atoms with Gasteiger partial charge in [0.05, 0.1) is 13.0 Å². The predicted molar refractivity (Wildman–Crippen MR) is 79.8 cm³/mol. The summed E-state index contributed by atoms with van der Waals surface area (Å²) in [4.78, 5) is 17.4. The fourth-order valence-corrected chi connectivity index (χ4v) is 2.48. The highest BCUT2D eigenvalue weighted by atomic mass is 16.7. The molecule has 0 aliphatic carbocycles. The van der Waals surface area contributed by atoms with Gasteiger partial charge in [-0.2, -0.15) is 5.06 Å². The van der Waals surface area contributed by atoms with E-state index in [0.29, 0.717) is 13.0 Å². The lowest BCUT2D eigenvalue weighted by Crippen LogP contribution is -2.46. The standard InChI is InChI=1S/C15H32N2O2/c1-8-17(9-2)19-11-10-13(18)16-15(6,7)12-14(3,4)5/h8-12H2,1-7H3,(H,16,18). The summed E-state index contributed by atoms with van der Waals surface area (Å²) < 4.78 is 0. The Labute approximate surface area is 118 Å². The number of hydrogen-bond acceptors (Lipinski definition) is 3. The summed E-state index contributed by atoms with van der Waals surface area (Å²) in [5.41, 5.74) is 0.0268. The Bertz CT molecular complexity index is 266. The molecule has 0 saturated heterocycles. The average molecular weight is 272 g/mol. The van der Waals surface area contributed by atoms with Gasteiger partial charge in [0.2, 0.25) is 5.91 Å². The van der Waals surface area contributed by atoms with Crippen molar-refractivity contribution >= 4 is 5.91 Å². The number of hydrogen-bond donors (Lipinski definition) is 1. The van der Waals surface area contributed by atoms with Crippen molar-refractivity contribution in [3.63, 3.8) is 0 Å². The number of nitrogens with one attached hydrogen (secondary N) is 1. The van der Waals surface area contributed by atoms with Gasteiger partial charge in [-0.15, -0.1) is 0 Å². The van der Waals surface area contributed by atoms with Crippen LogP contribution in [-0.2, 0) is 9.63 Å². The summed E-state index contributed by atoms with van der Waals surface area (Å²) in [6, 6.07) is 0. The monoisotopic (exact) mass is 272 g/mol. The molecule has 4 nitrogen and oxygen atoms in total. The van der Waals surface area contributed by atoms with E-state index in [4.69, 9.17) is 4.84 Å². The third-order valence-corrected chi connectivity index (χ3v) is 2.76. The molecular formula is C15H32N2O2. The Balaban J connectivity index is 4.03. The van der Waals surface area contributed by atoms with Crippen molar-refractivity contribution in [3.8, 4) is 0 Å². The maximum Gasteiger partial charge on any atom is 0.222 e. The zero-order chi connectivity index (χ0) is 15.1. The van der Waals surface area contributed by atoms with Crippen LogP contribution >= 0.6 is 0 Å². The molecule has 0 atom stereocenters. The van der Waals surface area contributed by atoms with E-state index in [0.717, 1.165) is 19.5 Å². The van der Waals surface area contributed by atoms with Gasteiger partial charge in [-0.1, -0.05) is 34.6 Å². The van der Waals surface area contributed by atoms with Crippen molar-refractivity contribution in [2.45, 2.75) is 66.8 Å². The molecule has 0 aromatic heterocycles. The zero-order valence-corrected chi connectivity index (χ0v) is 13.8. The summed E-state index contributed by atoms with van der Waals surface area (Å²) in [5.74, 6) is 0.0569. The Kier molecular flexibility index (Phi) is 7.60. The molecule has 0 unspecified atom stereocenters. The third-order valence-electron chi connectivity index (χ3n) is 2.76. The zero-order valence-electron chi connectivity index (χ0n) is 13.8. The SMILES string of the molecule is CCN(CC)OCCC(=O)NC(C)(C)CC(C)(C)C. The fourth-order valence-electron chi connectivity index (χ4n) is 2.48. The molecule has 0 aliphatic heterocycles. The van der Waals surface area contributed by atoms with E-state index in [1.165, 1.54) is 0 Å². The van der Waals surface area contributed by atoms with Gasteiger partial charge in [-0.05, 0) is 25.7 Å². The van der Waals surface area contributed by atoms with Crippen molar-refractivity contribution in [1.29, 1.82) is 0 Å². The second kappa shape index (κ2) is 7.85. The molecule has 0 aromatic carbocycles. The van der Waals surface area contributed by atoms with Crippen LogP contribution in [0.4, 0.5) is 0 Å². The molecule has 0 bridgehead atoms. The van der Waals surface area contributed by atoms with Crippen molar-refractivity contribution in [2.75, 3.05) is 19.7 Å². The Morgan fingerprint density at radius 1 is 1.11 bits per heavy atom. The van der Waals surface area contributed by atoms with Gasteiger partial charge >= 0.3 is 0 Å². The van der Waals surface area contributed by atoms with Crippen LogP contribution in [0, 0.1) is 5.41 Å². The lowest BCUT2D eigenvalue weighted by atomic mass is 9.82. The normalized spacial score (nSPS) is 12.8. The van der Waals surface area contributed by atoms with Crippen molar-refractivity contribution in [3.05, 3.63) is 0 Å². The van der Waals surface area contributed by atoms with Gasteiger partial charge in [0, 0.05) is 18.6 Å². The van der Waals surface area contributed by atoms with E-state index in [2.05, 4.69) is 39.9 Å². The topological polar surface area (TPSA) is 41.6 Å². The quantitative estimate of drug-likeness (QED) is 0.691. The van der Waals surface area contributed by atoms with E-state index in [1.807, 2.05) is 18.9 Å². The van der Waals surface area contributed by atoms with E-state index in [-0.39, 0.29) is 16.9 Å². The van der Waals surface area contributed by atoms with Crippen molar-refractivity contribution in [2.24, 2.45) is 5.41 Å². The number of carbonyl (C=O) groups is 1. The fraction of sp³-hybridized carbons (Fsp3) is 0.933. The Morgan fingerprint density at radius 3 is 2.05 bits per heavy atom. The van der Waals surface area contributed by atoms with Crippen molar-refractivity contribution in [1.82, 2.24) is 10.4 Å². The minimum atomic E-state index is -0.176. The molecule has 4 heteroatoms. The Morgan fingerprint density at radius 2 is 1.63 bits per heavy atom. The second-order valence-corrected chi connectivity index (χ2v) is 6.87. The third kappa shape index (κ3) is 9.91. The number of hydroxylamine groups is 2. The molecule has 0 rings (SSSR count). The molecule has 114 valence electrons. The minimum Gasteiger partial charge on any atom is -0.351 e. The second-order valence-electron chi connectivity index (χ2n) is 6.87. The molecule has 1 amide bonds. The number of rotatable bonds is 8. The first-order valence-corrected chi connectivity index (χ1v) is 7.28. The maximum atomic E-state index is 11.9. The van der Waals surface area contributed by atoms with Crippen LogP contribution in [0.25, 0.3) is 0 Å². The highest BCUT2D eigenvalue weighted by molar-refractivity contribution is 5.76. The molecule has 0 aliphatic rings. The van der Waals surface area contributed by atoms with E-state index in [9.17, 15) is 4.79 Å². The van der Waals surface area contributed by atoms with E-state index < -0.39 is 0 Å². The van der Waals surface area contributed by atoms with E-state index >= 15 is 0 Å². The smallest absolute Gasteiger partial charge is 0.222 e. The maximum absolute atomic E-state index is 11.9. The van der Waals surface area contributed by atoms with Crippen LogP contribution < -0.4 is 5.32 Å². The van der Waals surface area contributed by atoms with Crippen LogP contribution in [0.15, 0.2) is 0 Å². The number of carbonyl (C=O) groups excluding carboxylic acids is 1. The van der Waals surface area contributed by atoms with Crippen LogP contribution in [0.1, 0.15) is 61.3 Å². The van der Waals surface area contributed by atoms with Crippen molar-refractivity contribution < 1.29 is 9.63 Å². The molecule has 0 fully saturated rings. The van der Waals surface area contributed by atoms with Gasteiger partial charge in [-0.3, -0.25) is 9.63 Å². The highest BCUT2D eigenvalue weighted by Crippen LogP contribution is 2.26. The summed E-state index contributed by atoms with van der Waals surface area (Å²) in [7, 11) is 0. The van der Waals surface area contributed by atoms with Gasteiger partial charge in [-0.25, -0.2) is 0 Å². The summed E-state index contributed by atoms with van der Waals surface area (Å²) in [6.07, 6.45) is 1.35. The van der Waals surface area contributed by atoms with Crippen LogP contribution in [0.2, 0.25) is 0 Å².